The number of aliphatic carboxylic acids is 2. The predicted octanol–water partition coefficient (Wildman–Crippen LogP) is -1.82. The summed E-state index contributed by atoms with van der Waals surface area (Å²) in [7, 11) is 0. The van der Waals surface area contributed by atoms with Crippen LogP contribution in [0.25, 0.3) is 0 Å². The van der Waals surface area contributed by atoms with E-state index < -0.39 is 35.8 Å². The number of nitrogens with one attached hydrogen (secondary N) is 3. The molecule has 1 heterocycles. The smallest absolute Gasteiger partial charge is 0.326 e. The molecule has 0 bridgehead atoms. The van der Waals surface area contributed by atoms with E-state index in [0.717, 1.165) is 6.92 Å². The summed E-state index contributed by atoms with van der Waals surface area (Å²) in [6.07, 6.45) is 4.62. The van der Waals surface area contributed by atoms with Gasteiger partial charge in [0.1, 0.15) is 12.1 Å². The Morgan fingerprint density at radius 1 is 1.14 bits per heavy atom. The third-order valence-corrected chi connectivity index (χ3v) is 3.38. The van der Waals surface area contributed by atoms with Gasteiger partial charge in [-0.25, -0.2) is 9.78 Å². The van der Waals surface area contributed by atoms with Crippen LogP contribution in [0.4, 0.5) is 0 Å². The number of carbonyl (C=O) groups is 4. The van der Waals surface area contributed by atoms with Crippen LogP contribution in [-0.4, -0.2) is 69.1 Å². The van der Waals surface area contributed by atoms with Crippen LogP contribution in [0.5, 0.6) is 0 Å². The first-order valence-corrected chi connectivity index (χ1v) is 8.60. The standard InChI is InChI=1S/C14H24N6O4.C2H4O2.Cu/c15-4-2-1-3-10(14(23)24)20-13(22)11(19-12(21)6-16)5-9-7-17-8-18-9;1-2(3)4;/h7-8,10-11H,1-6,15-16H2,(H,17,18)(H,19,21)(H,20,22)(H,23,24);1H3,(H,3,4);. The summed E-state index contributed by atoms with van der Waals surface area (Å²) in [6.45, 7) is 1.26. The van der Waals surface area contributed by atoms with E-state index in [9.17, 15) is 19.5 Å². The Hall–Kier alpha value is -2.47. The van der Waals surface area contributed by atoms with E-state index in [2.05, 4.69) is 20.6 Å². The summed E-state index contributed by atoms with van der Waals surface area (Å²) in [4.78, 5) is 50.8. The molecule has 0 saturated heterocycles. The van der Waals surface area contributed by atoms with Crippen molar-refractivity contribution in [3.8, 4) is 0 Å². The molecule has 1 rings (SSSR count). The molecular weight excluding hydrogens is 436 g/mol. The minimum absolute atomic E-state index is 0. The van der Waals surface area contributed by atoms with Gasteiger partial charge in [0.25, 0.3) is 5.97 Å². The number of hydrogen-bond acceptors (Lipinski definition) is 7. The third kappa shape index (κ3) is 14.2. The van der Waals surface area contributed by atoms with E-state index in [1.165, 1.54) is 12.5 Å². The Morgan fingerprint density at radius 3 is 2.21 bits per heavy atom. The minimum atomic E-state index is -1.13. The van der Waals surface area contributed by atoms with Crippen LogP contribution in [0.1, 0.15) is 31.9 Å². The van der Waals surface area contributed by atoms with Crippen LogP contribution < -0.4 is 22.1 Å². The van der Waals surface area contributed by atoms with E-state index in [4.69, 9.17) is 21.4 Å². The maximum atomic E-state index is 12.4. The second kappa shape index (κ2) is 16.5. The monoisotopic (exact) mass is 463 g/mol. The first-order valence-electron chi connectivity index (χ1n) is 8.60. The van der Waals surface area contributed by atoms with Crippen LogP contribution in [0.15, 0.2) is 12.5 Å². The molecule has 0 saturated carbocycles. The number of aromatic nitrogens is 2. The van der Waals surface area contributed by atoms with Crippen LogP contribution in [-0.2, 0) is 42.7 Å². The fraction of sp³-hybridized carbons (Fsp3) is 0.562. The number of H-pyrrole nitrogens is 1. The molecule has 0 fully saturated rings. The normalized spacial score (nSPS) is 11.7. The van der Waals surface area contributed by atoms with Gasteiger partial charge in [0.05, 0.1) is 12.9 Å². The van der Waals surface area contributed by atoms with Crippen molar-refractivity contribution in [1.29, 1.82) is 0 Å². The van der Waals surface area contributed by atoms with Gasteiger partial charge >= 0.3 is 5.97 Å². The van der Waals surface area contributed by atoms with Crippen molar-refractivity contribution in [3.63, 3.8) is 0 Å². The van der Waals surface area contributed by atoms with Gasteiger partial charge < -0.3 is 37.3 Å². The molecule has 29 heavy (non-hydrogen) atoms. The Bertz CT molecular complexity index is 623. The fourth-order valence-corrected chi connectivity index (χ4v) is 2.10. The van der Waals surface area contributed by atoms with Gasteiger partial charge in [0.2, 0.25) is 11.8 Å². The van der Waals surface area contributed by atoms with Crippen molar-refractivity contribution in [2.24, 2.45) is 11.5 Å². The molecule has 0 aliphatic rings. The van der Waals surface area contributed by atoms with Gasteiger partial charge in [0, 0.05) is 42.3 Å². The van der Waals surface area contributed by atoms with Crippen LogP contribution in [0.3, 0.4) is 0 Å². The number of amides is 2. The number of nitrogens with zero attached hydrogens (tertiary/aromatic N) is 1. The molecule has 0 aliphatic carbocycles. The number of imidazole rings is 1. The van der Waals surface area contributed by atoms with Crippen molar-refractivity contribution in [1.82, 2.24) is 20.6 Å². The van der Waals surface area contributed by atoms with E-state index in [0.29, 0.717) is 25.1 Å². The van der Waals surface area contributed by atoms with Gasteiger partial charge in [0.15, 0.2) is 0 Å². The van der Waals surface area contributed by atoms with Crippen LogP contribution in [0.2, 0.25) is 0 Å². The second-order valence-electron chi connectivity index (χ2n) is 5.81. The van der Waals surface area contributed by atoms with Gasteiger partial charge in [-0.1, -0.05) is 0 Å². The quantitative estimate of drug-likeness (QED) is 0.145. The van der Waals surface area contributed by atoms with Crippen LogP contribution >= 0.6 is 0 Å². The molecule has 12 nitrogen and oxygen atoms in total. The molecule has 1 radical (unpaired) electrons. The molecule has 2 unspecified atom stereocenters. The Kier molecular flexibility index (Phi) is 16.3. The number of hydrogen-bond donors (Lipinski definition) is 7. The average molecular weight is 464 g/mol. The number of aromatic amines is 1. The molecule has 0 aliphatic heterocycles. The topological polar surface area (TPSA) is 214 Å². The van der Waals surface area contributed by atoms with E-state index in [-0.39, 0.29) is 36.5 Å². The van der Waals surface area contributed by atoms with Crippen molar-refractivity contribution < 1.29 is 46.5 Å². The molecule has 1 aromatic heterocycles. The molecule has 13 heteroatoms. The number of unbranched alkanes of at least 4 members (excludes halogenated alkanes) is 1. The summed E-state index contributed by atoms with van der Waals surface area (Å²) < 4.78 is 0. The summed E-state index contributed by atoms with van der Waals surface area (Å²) in [5, 5.41) is 21.6. The number of carboxylic acid groups (broad SMARTS) is 2. The maximum absolute atomic E-state index is 12.4. The summed E-state index contributed by atoms with van der Waals surface area (Å²) in [5.41, 5.74) is 11.3. The van der Waals surface area contributed by atoms with Gasteiger partial charge in [-0.2, -0.15) is 0 Å². The predicted molar refractivity (Wildman–Crippen MR) is 99.1 cm³/mol. The summed E-state index contributed by atoms with van der Waals surface area (Å²) in [6, 6.07) is -1.99. The zero-order chi connectivity index (χ0) is 21.5. The molecule has 0 aromatic carbocycles. The molecule has 2 amide bonds. The molecule has 0 spiro atoms. The maximum Gasteiger partial charge on any atom is 0.326 e. The zero-order valence-corrected chi connectivity index (χ0v) is 16.9. The van der Waals surface area contributed by atoms with Gasteiger partial charge in [-0.15, -0.1) is 0 Å². The minimum Gasteiger partial charge on any atom is -0.481 e. The van der Waals surface area contributed by atoms with Crippen molar-refractivity contribution in [3.05, 3.63) is 18.2 Å². The van der Waals surface area contributed by atoms with E-state index in [1.54, 1.807) is 0 Å². The Morgan fingerprint density at radius 2 is 1.76 bits per heavy atom. The number of nitrogens with two attached hydrogens (primary N) is 2. The van der Waals surface area contributed by atoms with E-state index in [1.807, 2.05) is 0 Å². The average Bonchev–Trinajstić information content (AvgIpc) is 3.12. The molecule has 9 N–H and O–H groups in total. The van der Waals surface area contributed by atoms with E-state index >= 15 is 0 Å². The first-order chi connectivity index (χ1) is 13.2. The number of carboxylic acids is 2. The largest absolute Gasteiger partial charge is 0.481 e. The SMILES string of the molecule is CC(=O)O.NCCCCC(NC(=O)C(Cc1cnc[nH]1)NC(=O)CN)C(=O)O.[Cu]. The molecule has 169 valence electrons. The van der Waals surface area contributed by atoms with Gasteiger partial charge in [-0.05, 0) is 25.8 Å². The zero-order valence-electron chi connectivity index (χ0n) is 16.0. The van der Waals surface area contributed by atoms with Crippen molar-refractivity contribution >= 4 is 23.8 Å². The summed E-state index contributed by atoms with van der Waals surface area (Å²) >= 11 is 0. The van der Waals surface area contributed by atoms with Gasteiger partial charge in [-0.3, -0.25) is 14.4 Å². The molecule has 2 atom stereocenters. The Balaban J connectivity index is 0. The third-order valence-electron chi connectivity index (χ3n) is 3.38. The molecular formula is C16H28CuN6O6. The van der Waals surface area contributed by atoms with Crippen LogP contribution in [0, 0.1) is 0 Å². The van der Waals surface area contributed by atoms with Crippen molar-refractivity contribution in [2.75, 3.05) is 13.1 Å². The summed E-state index contributed by atoms with van der Waals surface area (Å²) in [5.74, 6) is -3.07. The van der Waals surface area contributed by atoms with Crippen molar-refractivity contribution in [2.45, 2.75) is 44.7 Å². The Labute approximate surface area is 178 Å². The second-order valence-corrected chi connectivity index (χ2v) is 5.81. The number of carbonyl (C=O) groups excluding carboxylic acids is 2. The first kappa shape index (κ1) is 28.7. The molecule has 1 aromatic rings. The number of rotatable bonds is 11. The fourth-order valence-electron chi connectivity index (χ4n) is 2.10.